The molecule has 0 aromatic heterocycles. The number of rotatable bonds is 9. The van der Waals surface area contributed by atoms with Crippen LogP contribution in [-0.2, 0) is 14.6 Å². The van der Waals surface area contributed by atoms with Crippen LogP contribution in [0.4, 0.5) is 0 Å². The SMILES string of the molecule is C=N\C(=N/C(C(=C/C)/CC)=C(\CC)CCN[C@H]1C[C@H](S(C)(=O)=O)C1)N1CCOCC1. The highest BCUT2D eigenvalue weighted by Gasteiger charge is 2.35. The first-order valence-electron chi connectivity index (χ1n) is 11.0. The van der Waals surface area contributed by atoms with Gasteiger partial charge in [-0.3, -0.25) is 0 Å². The summed E-state index contributed by atoms with van der Waals surface area (Å²) in [7, 11) is -2.91. The Labute approximate surface area is 182 Å². The molecule has 0 amide bonds. The molecule has 2 rings (SSSR count). The minimum absolute atomic E-state index is 0.180. The summed E-state index contributed by atoms with van der Waals surface area (Å²) in [5, 5.41) is 3.34. The van der Waals surface area contributed by atoms with Crippen LogP contribution in [0, 0.1) is 0 Å². The Balaban J connectivity index is 2.13. The summed E-state index contributed by atoms with van der Waals surface area (Å²) in [5.74, 6) is 0.662. The largest absolute Gasteiger partial charge is 0.378 e. The van der Waals surface area contributed by atoms with E-state index in [2.05, 4.69) is 48.8 Å². The summed E-state index contributed by atoms with van der Waals surface area (Å²) >= 11 is 0. The maximum absolute atomic E-state index is 11.6. The molecule has 170 valence electrons. The predicted molar refractivity (Wildman–Crippen MR) is 125 cm³/mol. The molecule has 0 atom stereocenters. The van der Waals surface area contributed by atoms with Crippen molar-refractivity contribution in [2.24, 2.45) is 9.98 Å². The smallest absolute Gasteiger partial charge is 0.225 e. The molecule has 0 unspecified atom stereocenters. The summed E-state index contributed by atoms with van der Waals surface area (Å²) in [5.41, 5.74) is 3.51. The monoisotopic (exact) mass is 438 g/mol. The fourth-order valence-electron chi connectivity index (χ4n) is 3.93. The summed E-state index contributed by atoms with van der Waals surface area (Å²) < 4.78 is 28.6. The quantitative estimate of drug-likeness (QED) is 0.340. The molecular formula is C22H38N4O3S. The van der Waals surface area contributed by atoms with E-state index in [1.807, 2.05) is 0 Å². The van der Waals surface area contributed by atoms with Crippen LogP contribution in [0.2, 0.25) is 0 Å². The summed E-state index contributed by atoms with van der Waals surface area (Å²) in [6.07, 6.45) is 7.57. The standard InChI is InChI=1S/C22H38N4O3S/c1-6-17(7-2)21(25-22(23-4)26-11-13-29-14-12-26)18(8-3)9-10-24-19-15-20(16-19)30(5,27)28/h6,19-20,24H,4,7-16H2,1-3,5H3/b17-6+,21-18+,25-22+/t19-,20-. The molecule has 2 fully saturated rings. The zero-order valence-corrected chi connectivity index (χ0v) is 19.8. The van der Waals surface area contributed by atoms with Crippen LogP contribution >= 0.6 is 0 Å². The van der Waals surface area contributed by atoms with E-state index >= 15 is 0 Å². The van der Waals surface area contributed by atoms with Crippen molar-refractivity contribution in [3.63, 3.8) is 0 Å². The molecule has 0 aromatic carbocycles. The van der Waals surface area contributed by atoms with Gasteiger partial charge in [0.1, 0.15) is 9.84 Å². The predicted octanol–water partition coefficient (Wildman–Crippen LogP) is 2.95. The maximum Gasteiger partial charge on any atom is 0.225 e. The van der Waals surface area contributed by atoms with Gasteiger partial charge < -0.3 is 15.0 Å². The highest BCUT2D eigenvalue weighted by Crippen LogP contribution is 2.28. The minimum Gasteiger partial charge on any atom is -0.378 e. The van der Waals surface area contributed by atoms with Gasteiger partial charge in [-0.05, 0) is 63.4 Å². The second kappa shape index (κ2) is 11.8. The third-order valence-electron chi connectivity index (χ3n) is 6.00. The highest BCUT2D eigenvalue weighted by molar-refractivity contribution is 7.91. The number of morpholine rings is 1. The Hall–Kier alpha value is -1.51. The van der Waals surface area contributed by atoms with Crippen molar-refractivity contribution in [3.05, 3.63) is 22.9 Å². The van der Waals surface area contributed by atoms with Gasteiger partial charge in [-0.1, -0.05) is 19.9 Å². The van der Waals surface area contributed by atoms with Crippen molar-refractivity contribution < 1.29 is 13.2 Å². The zero-order chi connectivity index (χ0) is 22.1. The van der Waals surface area contributed by atoms with Crippen LogP contribution in [-0.4, -0.2) is 76.4 Å². The molecule has 7 nitrogen and oxygen atoms in total. The van der Waals surface area contributed by atoms with Crippen LogP contribution in [0.25, 0.3) is 0 Å². The van der Waals surface area contributed by atoms with E-state index in [9.17, 15) is 8.42 Å². The van der Waals surface area contributed by atoms with Gasteiger partial charge in [-0.15, -0.1) is 0 Å². The van der Waals surface area contributed by atoms with Crippen LogP contribution in [0.15, 0.2) is 32.9 Å². The van der Waals surface area contributed by atoms with Gasteiger partial charge in [0.25, 0.3) is 0 Å². The van der Waals surface area contributed by atoms with Crippen molar-refractivity contribution >= 4 is 22.5 Å². The molecule has 1 saturated heterocycles. The van der Waals surface area contributed by atoms with Gasteiger partial charge in [0, 0.05) is 25.4 Å². The van der Waals surface area contributed by atoms with Crippen LogP contribution in [0.5, 0.6) is 0 Å². The number of nitrogens with one attached hydrogen (secondary N) is 1. The third kappa shape index (κ3) is 6.75. The number of hydrogen-bond donors (Lipinski definition) is 1. The van der Waals surface area contributed by atoms with E-state index in [4.69, 9.17) is 9.73 Å². The Morgan fingerprint density at radius 3 is 2.40 bits per heavy atom. The molecule has 0 aromatic rings. The number of allylic oxidation sites excluding steroid dienone is 2. The Morgan fingerprint density at radius 1 is 1.23 bits per heavy atom. The maximum atomic E-state index is 11.6. The van der Waals surface area contributed by atoms with E-state index in [1.54, 1.807) is 0 Å². The molecule has 0 bridgehead atoms. The van der Waals surface area contributed by atoms with Gasteiger partial charge in [0.2, 0.25) is 5.96 Å². The first-order valence-corrected chi connectivity index (χ1v) is 13.0. The van der Waals surface area contributed by atoms with Crippen molar-refractivity contribution in [2.75, 3.05) is 39.1 Å². The van der Waals surface area contributed by atoms with Gasteiger partial charge >= 0.3 is 0 Å². The van der Waals surface area contributed by atoms with Gasteiger partial charge in [-0.2, -0.15) is 0 Å². The lowest BCUT2D eigenvalue weighted by Gasteiger charge is -2.34. The van der Waals surface area contributed by atoms with Crippen LogP contribution in [0.3, 0.4) is 0 Å². The number of nitrogens with zero attached hydrogens (tertiary/aromatic N) is 3. The Morgan fingerprint density at radius 2 is 1.90 bits per heavy atom. The lowest BCUT2D eigenvalue weighted by Crippen LogP contribution is -2.47. The van der Waals surface area contributed by atoms with Gasteiger partial charge in [-0.25, -0.2) is 18.4 Å². The molecule has 0 radical (unpaired) electrons. The number of aliphatic imine (C=N–C) groups is 2. The second-order valence-corrected chi connectivity index (χ2v) is 10.3. The second-order valence-electron chi connectivity index (χ2n) is 7.97. The Kier molecular flexibility index (Phi) is 9.71. The van der Waals surface area contributed by atoms with E-state index in [-0.39, 0.29) is 5.25 Å². The van der Waals surface area contributed by atoms with Gasteiger partial charge in [0.05, 0.1) is 24.2 Å². The van der Waals surface area contributed by atoms with Crippen molar-refractivity contribution in [3.8, 4) is 0 Å². The number of ether oxygens (including phenoxy) is 1. The van der Waals surface area contributed by atoms with Crippen LogP contribution in [0.1, 0.15) is 52.9 Å². The average Bonchev–Trinajstić information content (AvgIpc) is 2.70. The van der Waals surface area contributed by atoms with E-state index in [0.29, 0.717) is 38.1 Å². The molecule has 1 aliphatic heterocycles. The van der Waals surface area contributed by atoms with E-state index < -0.39 is 9.84 Å². The van der Waals surface area contributed by atoms with Crippen molar-refractivity contribution in [1.82, 2.24) is 10.2 Å². The summed E-state index contributed by atoms with van der Waals surface area (Å²) in [6, 6.07) is 0.292. The summed E-state index contributed by atoms with van der Waals surface area (Å²) in [4.78, 5) is 11.3. The van der Waals surface area contributed by atoms with E-state index in [1.165, 1.54) is 17.4 Å². The zero-order valence-electron chi connectivity index (χ0n) is 19.0. The molecule has 2 aliphatic rings. The minimum atomic E-state index is -2.91. The fraction of sp³-hybridized carbons (Fsp3) is 0.727. The third-order valence-corrected chi connectivity index (χ3v) is 7.60. The topological polar surface area (TPSA) is 83.4 Å². The molecule has 1 saturated carbocycles. The normalized spacial score (nSPS) is 24.3. The average molecular weight is 439 g/mol. The molecule has 1 aliphatic carbocycles. The number of hydrogen-bond acceptors (Lipinski definition) is 5. The fourth-order valence-corrected chi connectivity index (χ4v) is 5.09. The molecular weight excluding hydrogens is 400 g/mol. The first kappa shape index (κ1) is 24.8. The van der Waals surface area contributed by atoms with Crippen LogP contribution < -0.4 is 5.32 Å². The lowest BCUT2D eigenvalue weighted by molar-refractivity contribution is 0.0676. The number of sulfone groups is 1. The first-order chi connectivity index (χ1) is 14.3. The van der Waals surface area contributed by atoms with E-state index in [0.717, 1.165) is 44.6 Å². The molecule has 0 spiro atoms. The molecule has 1 heterocycles. The van der Waals surface area contributed by atoms with Crippen molar-refractivity contribution in [2.45, 2.75) is 64.2 Å². The van der Waals surface area contributed by atoms with Crippen molar-refractivity contribution in [1.29, 1.82) is 0 Å². The lowest BCUT2D eigenvalue weighted by atomic mass is 9.92. The molecule has 30 heavy (non-hydrogen) atoms. The van der Waals surface area contributed by atoms with Gasteiger partial charge in [0.15, 0.2) is 0 Å². The number of guanidine groups is 1. The summed E-state index contributed by atoms with van der Waals surface area (Å²) in [6.45, 7) is 13.8. The molecule has 8 heteroatoms. The molecule has 1 N–H and O–H groups in total. The highest BCUT2D eigenvalue weighted by atomic mass is 32.2. The Bertz CT molecular complexity index is 774.